The third kappa shape index (κ3) is 3.78. The van der Waals surface area contributed by atoms with Gasteiger partial charge in [-0.2, -0.15) is 0 Å². The highest BCUT2D eigenvalue weighted by Gasteiger charge is 2.74. The number of ketones is 3. The molecule has 0 aromatic heterocycles. The Labute approximate surface area is 220 Å². The molecule has 0 aromatic rings. The Morgan fingerprint density at radius 2 is 1.62 bits per heavy atom. The fourth-order valence-electron chi connectivity index (χ4n) is 9.24. The van der Waals surface area contributed by atoms with Crippen molar-refractivity contribution in [3.63, 3.8) is 0 Å². The number of hydrogen-bond donors (Lipinski definition) is 4. The minimum Gasteiger partial charge on any atom is -0.393 e. The van der Waals surface area contributed by atoms with E-state index in [1.54, 1.807) is 13.8 Å². The summed E-state index contributed by atoms with van der Waals surface area (Å²) in [5, 5.41) is 43.9. The van der Waals surface area contributed by atoms with Gasteiger partial charge in [0.2, 0.25) is 0 Å². The maximum atomic E-state index is 14.2. The second-order valence-corrected chi connectivity index (χ2v) is 14.6. The van der Waals surface area contributed by atoms with Crippen molar-refractivity contribution >= 4 is 17.3 Å². The van der Waals surface area contributed by atoms with E-state index in [2.05, 4.69) is 13.0 Å². The molecule has 9 atom stereocenters. The molecule has 3 saturated carbocycles. The Kier molecular flexibility index (Phi) is 6.41. The first kappa shape index (κ1) is 28.6. The number of aliphatic hydroxyl groups is 4. The SMILES string of the molecule is CC(C)(O)CCC(=O)C(C)(O)[C@H]1[C@H](O)C[C@@]2(C)[C@@H]3CC=C4[C@@H](C[C@H](O)C(=O)C4(C)C)[C@]3(C)C(=O)C[C@]12C. The van der Waals surface area contributed by atoms with E-state index in [0.29, 0.717) is 12.8 Å². The largest absolute Gasteiger partial charge is 0.393 e. The van der Waals surface area contributed by atoms with Gasteiger partial charge in [0.15, 0.2) is 11.6 Å². The van der Waals surface area contributed by atoms with Crippen molar-refractivity contribution < 1.29 is 34.8 Å². The van der Waals surface area contributed by atoms with Gasteiger partial charge in [-0.05, 0) is 83.0 Å². The van der Waals surface area contributed by atoms with Gasteiger partial charge in [0.05, 0.1) is 11.7 Å². The summed E-state index contributed by atoms with van der Waals surface area (Å²) in [4.78, 5) is 40.4. The summed E-state index contributed by atoms with van der Waals surface area (Å²) >= 11 is 0. The van der Waals surface area contributed by atoms with Crippen molar-refractivity contribution in [2.24, 2.45) is 39.4 Å². The maximum absolute atomic E-state index is 14.2. The first-order valence-electron chi connectivity index (χ1n) is 13.8. The molecule has 4 aliphatic rings. The predicted octanol–water partition coefficient (Wildman–Crippen LogP) is 3.15. The number of fused-ring (bicyclic) bond motifs is 5. The summed E-state index contributed by atoms with van der Waals surface area (Å²) in [5.74, 6) is -1.96. The van der Waals surface area contributed by atoms with Crippen LogP contribution in [-0.2, 0) is 14.4 Å². The predicted molar refractivity (Wildman–Crippen MR) is 138 cm³/mol. The van der Waals surface area contributed by atoms with Crippen molar-refractivity contribution in [3.8, 4) is 0 Å². The van der Waals surface area contributed by atoms with Crippen molar-refractivity contribution in [3.05, 3.63) is 11.6 Å². The van der Waals surface area contributed by atoms with Gasteiger partial charge in [-0.1, -0.05) is 32.4 Å². The molecule has 37 heavy (non-hydrogen) atoms. The van der Waals surface area contributed by atoms with E-state index in [9.17, 15) is 34.8 Å². The molecule has 4 N–H and O–H groups in total. The quantitative estimate of drug-likeness (QED) is 0.411. The molecule has 7 heteroatoms. The van der Waals surface area contributed by atoms with Gasteiger partial charge in [-0.3, -0.25) is 14.4 Å². The summed E-state index contributed by atoms with van der Waals surface area (Å²) in [7, 11) is 0. The molecule has 208 valence electrons. The van der Waals surface area contributed by atoms with Crippen LogP contribution in [0.1, 0.15) is 93.9 Å². The minimum atomic E-state index is -1.86. The van der Waals surface area contributed by atoms with Crippen LogP contribution in [0.3, 0.4) is 0 Å². The molecular weight excluding hydrogens is 472 g/mol. The van der Waals surface area contributed by atoms with Crippen molar-refractivity contribution in [2.45, 2.75) is 117 Å². The van der Waals surface area contributed by atoms with Crippen LogP contribution in [0, 0.1) is 39.4 Å². The Balaban J connectivity index is 1.77. The van der Waals surface area contributed by atoms with E-state index in [1.807, 2.05) is 27.7 Å². The first-order chi connectivity index (χ1) is 16.7. The normalized spacial score (nSPS) is 44.9. The van der Waals surface area contributed by atoms with Gasteiger partial charge >= 0.3 is 0 Å². The smallest absolute Gasteiger partial charge is 0.170 e. The van der Waals surface area contributed by atoms with Gasteiger partial charge in [0.1, 0.15) is 17.5 Å². The summed E-state index contributed by atoms with van der Waals surface area (Å²) in [6.45, 7) is 14.3. The molecule has 0 saturated heterocycles. The van der Waals surface area contributed by atoms with Gasteiger partial charge in [0, 0.05) is 29.6 Å². The van der Waals surface area contributed by atoms with Crippen molar-refractivity contribution in [2.75, 3.05) is 0 Å². The first-order valence-corrected chi connectivity index (χ1v) is 13.8. The summed E-state index contributed by atoms with van der Waals surface area (Å²) in [5.41, 5.74) is -5.10. The highest BCUT2D eigenvalue weighted by atomic mass is 16.3. The van der Waals surface area contributed by atoms with E-state index in [0.717, 1.165) is 5.57 Å². The van der Waals surface area contributed by atoms with Crippen LogP contribution in [0.2, 0.25) is 0 Å². The molecule has 0 bridgehead atoms. The summed E-state index contributed by atoms with van der Waals surface area (Å²) < 4.78 is 0. The van der Waals surface area contributed by atoms with E-state index >= 15 is 0 Å². The average Bonchev–Trinajstić information content (AvgIpc) is 2.96. The lowest BCUT2D eigenvalue weighted by Crippen LogP contribution is -2.65. The highest BCUT2D eigenvalue weighted by Crippen LogP contribution is 2.74. The lowest BCUT2D eigenvalue weighted by molar-refractivity contribution is -0.185. The second-order valence-electron chi connectivity index (χ2n) is 14.6. The summed E-state index contributed by atoms with van der Waals surface area (Å²) in [6.07, 6.45) is 1.33. The second kappa shape index (κ2) is 8.30. The Hall–Kier alpha value is -1.41. The Morgan fingerprint density at radius 1 is 1.03 bits per heavy atom. The van der Waals surface area contributed by atoms with Crippen LogP contribution in [-0.4, -0.2) is 61.2 Å². The van der Waals surface area contributed by atoms with Gasteiger partial charge in [0.25, 0.3) is 0 Å². The molecule has 0 heterocycles. The van der Waals surface area contributed by atoms with Gasteiger partial charge < -0.3 is 20.4 Å². The molecule has 0 amide bonds. The van der Waals surface area contributed by atoms with E-state index in [-0.39, 0.29) is 49.1 Å². The molecule has 4 rings (SSSR count). The van der Waals surface area contributed by atoms with Crippen molar-refractivity contribution in [1.82, 2.24) is 0 Å². The van der Waals surface area contributed by atoms with Gasteiger partial charge in [-0.15, -0.1) is 0 Å². The molecule has 7 nitrogen and oxygen atoms in total. The maximum Gasteiger partial charge on any atom is 0.170 e. The molecule has 0 spiro atoms. The number of Topliss-reactive ketones (excluding diaryl/α,β-unsaturated/α-hetero) is 3. The number of hydrogen-bond acceptors (Lipinski definition) is 7. The van der Waals surface area contributed by atoms with E-state index < -0.39 is 56.8 Å². The van der Waals surface area contributed by atoms with Crippen LogP contribution >= 0.6 is 0 Å². The molecule has 4 aliphatic carbocycles. The van der Waals surface area contributed by atoms with Crippen LogP contribution in [0.4, 0.5) is 0 Å². The third-order valence-corrected chi connectivity index (χ3v) is 11.5. The topological polar surface area (TPSA) is 132 Å². The number of aliphatic hydroxyl groups excluding tert-OH is 2. The monoisotopic (exact) mass is 518 g/mol. The Bertz CT molecular complexity index is 1050. The zero-order valence-corrected chi connectivity index (χ0v) is 23.7. The molecule has 0 aliphatic heterocycles. The zero-order chi connectivity index (χ0) is 28.1. The molecule has 1 unspecified atom stereocenters. The van der Waals surface area contributed by atoms with Crippen LogP contribution < -0.4 is 0 Å². The van der Waals surface area contributed by atoms with E-state index in [1.165, 1.54) is 6.92 Å². The highest BCUT2D eigenvalue weighted by molar-refractivity contribution is 5.95. The van der Waals surface area contributed by atoms with Crippen LogP contribution in [0.15, 0.2) is 11.6 Å². The number of allylic oxidation sites excluding steroid dienone is 2. The lowest BCUT2D eigenvalue weighted by Gasteiger charge is -2.64. The molecular formula is C30H46O7. The standard InChI is InChI=1S/C30H46O7/c1-25(2,36)12-11-21(33)30(8,37)23-19(32)14-27(5)20-10-9-16-17(13-18(31)24(35)26(16,3)4)29(20,7)22(34)15-28(23,27)6/h9,17-20,23,31-32,36-37H,10-15H2,1-8H3/t17-,18+,19-,20+,23+,27+,28-,29+,30?/m1/s1. The van der Waals surface area contributed by atoms with Crippen molar-refractivity contribution in [1.29, 1.82) is 0 Å². The van der Waals surface area contributed by atoms with Gasteiger partial charge in [-0.25, -0.2) is 0 Å². The number of carbonyl (C=O) groups is 3. The van der Waals surface area contributed by atoms with Crippen LogP contribution in [0.5, 0.6) is 0 Å². The fraction of sp³-hybridized carbons (Fsp3) is 0.833. The number of rotatable bonds is 5. The molecule has 3 fully saturated rings. The third-order valence-electron chi connectivity index (χ3n) is 11.5. The Morgan fingerprint density at radius 3 is 2.19 bits per heavy atom. The molecule has 0 radical (unpaired) electrons. The number of carbonyl (C=O) groups excluding carboxylic acids is 3. The minimum absolute atomic E-state index is 0.00395. The zero-order valence-electron chi connectivity index (χ0n) is 23.7. The molecule has 0 aromatic carbocycles. The lowest BCUT2D eigenvalue weighted by atomic mass is 9.38. The average molecular weight is 519 g/mol. The summed E-state index contributed by atoms with van der Waals surface area (Å²) in [6, 6.07) is 0. The van der Waals surface area contributed by atoms with Crippen LogP contribution in [0.25, 0.3) is 0 Å². The fourth-order valence-corrected chi connectivity index (χ4v) is 9.24. The van der Waals surface area contributed by atoms with E-state index in [4.69, 9.17) is 0 Å².